The highest BCUT2D eigenvalue weighted by Crippen LogP contribution is 2.07. The Bertz CT molecular complexity index is 407. The molecule has 1 rings (SSSR count). The number of nitrogens with one attached hydrogen (secondary N) is 1. The zero-order valence-electron chi connectivity index (χ0n) is 12.9. The summed E-state index contributed by atoms with van der Waals surface area (Å²) >= 11 is 0. The highest BCUT2D eigenvalue weighted by Gasteiger charge is 2.15. The smallest absolute Gasteiger partial charge is 0.201 e. The summed E-state index contributed by atoms with van der Waals surface area (Å²) in [6.45, 7) is 8.76. The monoisotopic (exact) mass is 279 g/mol. The van der Waals surface area contributed by atoms with E-state index in [1.807, 2.05) is 0 Å². The van der Waals surface area contributed by atoms with E-state index in [9.17, 15) is 9.59 Å². The van der Waals surface area contributed by atoms with E-state index < -0.39 is 0 Å². The molecular weight excluding hydrogens is 252 g/mol. The van der Waals surface area contributed by atoms with Gasteiger partial charge in [-0.1, -0.05) is 0 Å². The predicted octanol–water partition coefficient (Wildman–Crippen LogP) is 1.82. The number of rotatable bonds is 9. The Labute approximate surface area is 122 Å². The lowest BCUT2D eigenvalue weighted by atomic mass is 10.1. The minimum absolute atomic E-state index is 0.106. The van der Waals surface area contributed by atoms with Crippen molar-refractivity contribution in [1.29, 1.82) is 0 Å². The van der Waals surface area contributed by atoms with E-state index in [4.69, 9.17) is 0 Å². The molecule has 20 heavy (non-hydrogen) atoms. The third-order valence-corrected chi connectivity index (χ3v) is 4.17. The third kappa shape index (κ3) is 5.29. The van der Waals surface area contributed by atoms with Gasteiger partial charge >= 0.3 is 0 Å². The Morgan fingerprint density at radius 2 is 1.75 bits per heavy atom. The van der Waals surface area contributed by atoms with Gasteiger partial charge in [0.2, 0.25) is 5.78 Å². The molecule has 0 aromatic carbocycles. The second-order valence-corrected chi connectivity index (χ2v) is 5.62. The molecule has 1 aliphatic carbocycles. The minimum atomic E-state index is -0.119. The van der Waals surface area contributed by atoms with Gasteiger partial charge in [0.05, 0.1) is 32.4 Å². The van der Waals surface area contributed by atoms with Crippen molar-refractivity contribution in [1.82, 2.24) is 5.32 Å². The fourth-order valence-corrected chi connectivity index (χ4v) is 2.21. The van der Waals surface area contributed by atoms with Crippen molar-refractivity contribution in [3.63, 3.8) is 0 Å². The molecule has 0 spiro atoms. The number of nitrogens with zero attached hydrogens (tertiary/aromatic N) is 1. The van der Waals surface area contributed by atoms with Crippen LogP contribution in [0.1, 0.15) is 33.1 Å². The maximum atomic E-state index is 11.5. The SMILES string of the molecule is CC[N+](C)(CC)CCCCCNC1=CC(=O)C=CC1=O. The van der Waals surface area contributed by atoms with Crippen LogP contribution >= 0.6 is 0 Å². The van der Waals surface area contributed by atoms with Gasteiger partial charge in [0.1, 0.15) is 0 Å². The fraction of sp³-hybridized carbons (Fsp3) is 0.625. The molecular formula is C16H27N2O2+. The molecule has 0 aliphatic heterocycles. The number of hydrogen-bond acceptors (Lipinski definition) is 3. The van der Waals surface area contributed by atoms with Crippen LogP contribution in [-0.4, -0.2) is 49.3 Å². The van der Waals surface area contributed by atoms with Crippen molar-refractivity contribution in [2.75, 3.05) is 33.2 Å². The van der Waals surface area contributed by atoms with Gasteiger partial charge in [-0.25, -0.2) is 0 Å². The molecule has 4 nitrogen and oxygen atoms in total. The van der Waals surface area contributed by atoms with Crippen molar-refractivity contribution in [2.45, 2.75) is 33.1 Å². The molecule has 112 valence electrons. The number of unbranched alkanes of at least 4 members (excludes halogenated alkanes) is 2. The molecule has 0 heterocycles. The number of quaternary nitrogens is 1. The highest BCUT2D eigenvalue weighted by molar-refractivity contribution is 6.16. The lowest BCUT2D eigenvalue weighted by Gasteiger charge is -2.32. The van der Waals surface area contributed by atoms with Crippen molar-refractivity contribution in [3.05, 3.63) is 23.9 Å². The fourth-order valence-electron chi connectivity index (χ4n) is 2.21. The van der Waals surface area contributed by atoms with Crippen molar-refractivity contribution >= 4 is 11.6 Å². The van der Waals surface area contributed by atoms with Crippen molar-refractivity contribution in [3.8, 4) is 0 Å². The molecule has 0 unspecified atom stereocenters. The molecule has 0 atom stereocenters. The molecule has 0 radical (unpaired) electrons. The van der Waals surface area contributed by atoms with Crippen LogP contribution < -0.4 is 5.32 Å². The van der Waals surface area contributed by atoms with Gasteiger partial charge < -0.3 is 9.80 Å². The first-order chi connectivity index (χ1) is 9.50. The quantitative estimate of drug-likeness (QED) is 0.398. The Balaban J connectivity index is 2.17. The van der Waals surface area contributed by atoms with Crippen LogP contribution in [0.2, 0.25) is 0 Å². The highest BCUT2D eigenvalue weighted by atomic mass is 16.1. The molecule has 0 saturated heterocycles. The Kier molecular flexibility index (Phi) is 6.65. The van der Waals surface area contributed by atoms with Gasteiger partial charge in [0.25, 0.3) is 0 Å². The zero-order chi connectivity index (χ0) is 15.0. The summed E-state index contributed by atoms with van der Waals surface area (Å²) in [5.74, 6) is -0.225. The summed E-state index contributed by atoms with van der Waals surface area (Å²) in [7, 11) is 2.29. The zero-order valence-corrected chi connectivity index (χ0v) is 12.9. The first kappa shape index (κ1) is 16.6. The second-order valence-electron chi connectivity index (χ2n) is 5.62. The van der Waals surface area contributed by atoms with Crippen LogP contribution in [0.25, 0.3) is 0 Å². The maximum Gasteiger partial charge on any atom is 0.201 e. The lowest BCUT2D eigenvalue weighted by Crippen LogP contribution is -2.44. The van der Waals surface area contributed by atoms with Gasteiger partial charge in [-0.3, -0.25) is 9.59 Å². The van der Waals surface area contributed by atoms with Crippen LogP contribution in [0.15, 0.2) is 23.9 Å². The number of allylic oxidation sites excluding steroid dienone is 3. The molecule has 0 aromatic heterocycles. The van der Waals surface area contributed by atoms with Crippen LogP contribution in [0.5, 0.6) is 0 Å². The Morgan fingerprint density at radius 3 is 2.40 bits per heavy atom. The summed E-state index contributed by atoms with van der Waals surface area (Å²) in [6.07, 6.45) is 7.38. The molecule has 1 N–H and O–H groups in total. The van der Waals surface area contributed by atoms with E-state index in [1.165, 1.54) is 44.3 Å². The lowest BCUT2D eigenvalue weighted by molar-refractivity contribution is -0.906. The average molecular weight is 279 g/mol. The standard InChI is InChI=1S/C16H26N2O2/c1-4-18(3,5-2)12-8-6-7-11-17-15-13-14(19)9-10-16(15)20/h9-10,13H,4-8,11-12H2,1-3H3/p+1. The average Bonchev–Trinajstić information content (AvgIpc) is 2.45. The van der Waals surface area contributed by atoms with Crippen LogP contribution in [0.3, 0.4) is 0 Å². The van der Waals surface area contributed by atoms with Crippen LogP contribution in [0, 0.1) is 0 Å². The van der Waals surface area contributed by atoms with Gasteiger partial charge in [0.15, 0.2) is 5.78 Å². The first-order valence-corrected chi connectivity index (χ1v) is 7.56. The van der Waals surface area contributed by atoms with Crippen LogP contribution in [-0.2, 0) is 9.59 Å². The Hall–Kier alpha value is -1.42. The summed E-state index contributed by atoms with van der Waals surface area (Å²) < 4.78 is 1.12. The van der Waals surface area contributed by atoms with E-state index in [0.29, 0.717) is 5.70 Å². The molecule has 0 amide bonds. The molecule has 0 saturated carbocycles. The van der Waals surface area contributed by atoms with E-state index in [-0.39, 0.29) is 11.6 Å². The van der Waals surface area contributed by atoms with Gasteiger partial charge in [-0.15, -0.1) is 0 Å². The van der Waals surface area contributed by atoms with Crippen LogP contribution in [0.4, 0.5) is 0 Å². The maximum absolute atomic E-state index is 11.5. The molecule has 0 bridgehead atoms. The van der Waals surface area contributed by atoms with Crippen molar-refractivity contribution in [2.24, 2.45) is 0 Å². The van der Waals surface area contributed by atoms with E-state index >= 15 is 0 Å². The Morgan fingerprint density at radius 1 is 1.05 bits per heavy atom. The normalized spacial score (nSPS) is 15.4. The molecule has 4 heteroatoms. The summed E-state index contributed by atoms with van der Waals surface area (Å²) in [5.41, 5.74) is 0.431. The van der Waals surface area contributed by atoms with E-state index in [1.54, 1.807) is 0 Å². The number of ketones is 2. The van der Waals surface area contributed by atoms with Gasteiger partial charge in [-0.05, 0) is 45.3 Å². The summed E-state index contributed by atoms with van der Waals surface area (Å²) in [6, 6.07) is 0. The second kappa shape index (κ2) is 8.00. The molecule has 0 fully saturated rings. The minimum Gasteiger partial charge on any atom is -0.382 e. The number of carbonyl (C=O) groups excluding carboxylic acids is 2. The predicted molar refractivity (Wildman–Crippen MR) is 81.2 cm³/mol. The molecule has 0 aromatic rings. The number of carbonyl (C=O) groups is 2. The first-order valence-electron chi connectivity index (χ1n) is 7.56. The molecule has 1 aliphatic rings. The third-order valence-electron chi connectivity index (χ3n) is 4.17. The van der Waals surface area contributed by atoms with Gasteiger partial charge in [0, 0.05) is 12.6 Å². The topological polar surface area (TPSA) is 46.2 Å². The summed E-state index contributed by atoms with van der Waals surface area (Å²) in [5, 5.41) is 3.06. The largest absolute Gasteiger partial charge is 0.382 e. The summed E-state index contributed by atoms with van der Waals surface area (Å²) in [4.78, 5) is 22.7. The van der Waals surface area contributed by atoms with E-state index in [2.05, 4.69) is 26.2 Å². The number of hydrogen-bond donors (Lipinski definition) is 1. The van der Waals surface area contributed by atoms with Gasteiger partial charge in [-0.2, -0.15) is 0 Å². The van der Waals surface area contributed by atoms with Crippen molar-refractivity contribution < 1.29 is 14.1 Å². The van der Waals surface area contributed by atoms with E-state index in [0.717, 1.165) is 23.9 Å².